The monoisotopic (exact) mass is 226 g/mol. The molecule has 0 aromatic rings. The fraction of sp³-hybridized carbons (Fsp3) is 0.500. The molecule has 0 rings (SSSR count). The largest absolute Gasteiger partial charge is 0.319 e. The van der Waals surface area contributed by atoms with Crippen LogP contribution in [-0.4, -0.2) is 26.6 Å². The molecule has 0 bridgehead atoms. The summed E-state index contributed by atoms with van der Waals surface area (Å²) in [6.07, 6.45) is 5.76. The molecule has 0 saturated carbocycles. The number of hydrogen-bond acceptors (Lipinski definition) is 4. The van der Waals surface area contributed by atoms with Crippen LogP contribution in [0.15, 0.2) is 0 Å². The van der Waals surface area contributed by atoms with Crippen molar-refractivity contribution in [3.8, 4) is 12.3 Å². The van der Waals surface area contributed by atoms with Crippen LogP contribution in [0.2, 0.25) is 0 Å². The predicted octanol–water partition coefficient (Wildman–Crippen LogP) is -1.17. The van der Waals surface area contributed by atoms with Crippen molar-refractivity contribution in [2.24, 2.45) is 5.73 Å². The fourth-order valence-corrected chi connectivity index (χ4v) is 0.995. The van der Waals surface area contributed by atoms with Crippen LogP contribution in [0.5, 0.6) is 0 Å². The van der Waals surface area contributed by atoms with E-state index in [9.17, 15) is 13.2 Å². The van der Waals surface area contributed by atoms with E-state index < -0.39 is 22.0 Å². The lowest BCUT2D eigenvalue weighted by Gasteiger charge is -2.06. The van der Waals surface area contributed by atoms with Crippen LogP contribution in [-0.2, 0) is 14.8 Å². The van der Waals surface area contributed by atoms with Gasteiger partial charge in [-0.2, -0.15) is 0 Å². The van der Waals surface area contributed by atoms with Gasteiger partial charge < -0.3 is 5.73 Å². The van der Waals surface area contributed by atoms with E-state index in [4.69, 9.17) is 12.2 Å². The van der Waals surface area contributed by atoms with Gasteiger partial charge in [-0.15, -0.1) is 24.8 Å². The number of nitrogens with two attached hydrogens (primary N) is 1. The molecule has 0 spiro atoms. The molecule has 0 heterocycles. The maximum Gasteiger partial charge on any atom is 0.251 e. The van der Waals surface area contributed by atoms with Crippen LogP contribution in [0.1, 0.15) is 6.42 Å². The Bertz CT molecular complexity index is 306. The molecule has 1 atom stereocenters. The maximum atomic E-state index is 10.8. The fourth-order valence-electron chi connectivity index (χ4n) is 0.478. The molecule has 0 radical (unpaired) electrons. The molecule has 0 unspecified atom stereocenters. The van der Waals surface area contributed by atoms with Gasteiger partial charge in [0.15, 0.2) is 0 Å². The minimum atomic E-state index is -3.53. The molecule has 0 fully saturated rings. The second-order valence-electron chi connectivity index (χ2n) is 2.25. The summed E-state index contributed by atoms with van der Waals surface area (Å²) in [4.78, 5) is 10.8. The topological polar surface area (TPSA) is 89.3 Å². The van der Waals surface area contributed by atoms with Crippen molar-refractivity contribution in [1.82, 2.24) is 4.72 Å². The lowest BCUT2D eigenvalue weighted by Crippen LogP contribution is -2.42. The Morgan fingerprint density at radius 3 is 2.46 bits per heavy atom. The number of hydrogen-bond donors (Lipinski definition) is 2. The highest BCUT2D eigenvalue weighted by Crippen LogP contribution is 1.87. The summed E-state index contributed by atoms with van der Waals surface area (Å²) >= 11 is 0. The summed E-state index contributed by atoms with van der Waals surface area (Å²) in [7, 11) is -3.53. The zero-order valence-corrected chi connectivity index (χ0v) is 8.61. The molecule has 7 heteroatoms. The minimum Gasteiger partial charge on any atom is -0.319 e. The van der Waals surface area contributed by atoms with Crippen LogP contribution in [0, 0.1) is 12.3 Å². The van der Waals surface area contributed by atoms with Gasteiger partial charge >= 0.3 is 0 Å². The van der Waals surface area contributed by atoms with Crippen LogP contribution in [0.25, 0.3) is 0 Å². The zero-order chi connectivity index (χ0) is 9.78. The van der Waals surface area contributed by atoms with Gasteiger partial charge in [0.25, 0.3) is 5.91 Å². The third-order valence-corrected chi connectivity index (χ3v) is 1.53. The summed E-state index contributed by atoms with van der Waals surface area (Å²) in [6.45, 7) is 0. The summed E-state index contributed by atoms with van der Waals surface area (Å²) in [5, 5.41) is 0. The number of halogens is 1. The molecule has 3 N–H and O–H groups in total. The van der Waals surface area contributed by atoms with Crippen molar-refractivity contribution in [2.45, 2.75) is 12.5 Å². The average Bonchev–Trinajstić information content (AvgIpc) is 1.84. The maximum absolute atomic E-state index is 10.8. The van der Waals surface area contributed by atoms with Gasteiger partial charge in [-0.3, -0.25) is 9.52 Å². The summed E-state index contributed by atoms with van der Waals surface area (Å²) in [5.41, 5.74) is 5.22. The van der Waals surface area contributed by atoms with Crippen molar-refractivity contribution in [3.63, 3.8) is 0 Å². The van der Waals surface area contributed by atoms with Gasteiger partial charge in [0.05, 0.1) is 12.3 Å². The zero-order valence-electron chi connectivity index (χ0n) is 6.98. The summed E-state index contributed by atoms with van der Waals surface area (Å²) in [5.74, 6) is 1.37. The SMILES string of the molecule is C#CC[C@H](N)C(=O)NS(C)(=O)=O.Cl. The van der Waals surface area contributed by atoms with Gasteiger partial charge in [-0.25, -0.2) is 8.42 Å². The van der Waals surface area contributed by atoms with Crippen LogP contribution in [0.4, 0.5) is 0 Å². The Kier molecular flexibility index (Phi) is 6.58. The standard InChI is InChI=1S/C6H10N2O3S.ClH/c1-3-4-5(7)6(9)8-12(2,10)11;/h1,5H,4,7H2,2H3,(H,8,9);1H/t5-;/m0./s1. The first kappa shape index (κ1) is 14.7. The molecule has 0 aliphatic rings. The van der Waals surface area contributed by atoms with Crippen molar-refractivity contribution in [1.29, 1.82) is 0 Å². The van der Waals surface area contributed by atoms with Gasteiger partial charge in [-0.05, 0) is 0 Å². The summed E-state index contributed by atoms with van der Waals surface area (Å²) in [6, 6.07) is -0.968. The van der Waals surface area contributed by atoms with Crippen molar-refractivity contribution >= 4 is 28.3 Å². The number of rotatable bonds is 3. The predicted molar refractivity (Wildman–Crippen MR) is 51.7 cm³/mol. The highest BCUT2D eigenvalue weighted by molar-refractivity contribution is 7.89. The normalized spacial score (nSPS) is 12.1. The van der Waals surface area contributed by atoms with Gasteiger partial charge in [0, 0.05) is 6.42 Å². The number of nitrogens with one attached hydrogen (secondary N) is 1. The first-order chi connectivity index (χ1) is 5.37. The van der Waals surface area contributed by atoms with Gasteiger partial charge in [0.2, 0.25) is 10.0 Å². The highest BCUT2D eigenvalue weighted by atomic mass is 35.5. The molecule has 5 nitrogen and oxygen atoms in total. The van der Waals surface area contributed by atoms with E-state index >= 15 is 0 Å². The Morgan fingerprint density at radius 2 is 2.15 bits per heavy atom. The van der Waals surface area contributed by atoms with Crippen molar-refractivity contribution in [2.75, 3.05) is 6.26 Å². The van der Waals surface area contributed by atoms with E-state index in [2.05, 4.69) is 5.92 Å². The Labute approximate surface area is 83.5 Å². The lowest BCUT2D eigenvalue weighted by atomic mass is 10.2. The van der Waals surface area contributed by atoms with E-state index in [1.807, 2.05) is 0 Å². The quantitative estimate of drug-likeness (QED) is 0.594. The molecule has 0 aliphatic carbocycles. The Balaban J connectivity index is 0. The highest BCUT2D eigenvalue weighted by Gasteiger charge is 2.15. The van der Waals surface area contributed by atoms with E-state index in [1.54, 1.807) is 4.72 Å². The summed E-state index contributed by atoms with van der Waals surface area (Å²) < 4.78 is 22.7. The van der Waals surface area contributed by atoms with Crippen LogP contribution < -0.4 is 10.5 Å². The second-order valence-corrected chi connectivity index (χ2v) is 4.00. The minimum absolute atomic E-state index is 0. The molecule has 1 amide bonds. The molecular weight excluding hydrogens is 216 g/mol. The number of carbonyl (C=O) groups excluding carboxylic acids is 1. The van der Waals surface area contributed by atoms with Crippen molar-refractivity contribution < 1.29 is 13.2 Å². The van der Waals surface area contributed by atoms with Gasteiger partial charge in [0.1, 0.15) is 0 Å². The second kappa shape index (κ2) is 5.80. The number of sulfonamides is 1. The first-order valence-corrected chi connectivity index (χ1v) is 4.96. The van der Waals surface area contributed by atoms with Crippen molar-refractivity contribution in [3.05, 3.63) is 0 Å². The van der Waals surface area contributed by atoms with Crippen LogP contribution in [0.3, 0.4) is 0 Å². The molecule has 13 heavy (non-hydrogen) atoms. The Morgan fingerprint density at radius 1 is 1.69 bits per heavy atom. The van der Waals surface area contributed by atoms with E-state index in [-0.39, 0.29) is 18.8 Å². The molecule has 0 saturated heterocycles. The average molecular weight is 227 g/mol. The first-order valence-electron chi connectivity index (χ1n) is 3.07. The molecule has 76 valence electrons. The Hall–Kier alpha value is -0.770. The molecular formula is C6H11ClN2O3S. The van der Waals surface area contributed by atoms with E-state index in [1.165, 1.54) is 0 Å². The smallest absolute Gasteiger partial charge is 0.251 e. The number of terminal acetylenes is 1. The van der Waals surface area contributed by atoms with Crippen LogP contribution >= 0.6 is 12.4 Å². The number of amides is 1. The lowest BCUT2D eigenvalue weighted by molar-refractivity contribution is -0.120. The van der Waals surface area contributed by atoms with E-state index in [0.717, 1.165) is 6.26 Å². The third kappa shape index (κ3) is 7.59. The van der Waals surface area contributed by atoms with Gasteiger partial charge in [-0.1, -0.05) is 0 Å². The van der Waals surface area contributed by atoms with E-state index in [0.29, 0.717) is 0 Å². The third-order valence-electron chi connectivity index (χ3n) is 0.961. The number of carbonyl (C=O) groups is 1. The molecule has 0 aliphatic heterocycles. The molecule has 0 aromatic carbocycles. The molecule has 0 aromatic heterocycles.